The maximum atomic E-state index is 12.2. The number of hydrogen-bond acceptors (Lipinski definition) is 7. The summed E-state index contributed by atoms with van der Waals surface area (Å²) < 4.78 is 29.5. The van der Waals surface area contributed by atoms with Crippen molar-refractivity contribution in [1.82, 2.24) is 14.8 Å². The Morgan fingerprint density at radius 3 is 2.67 bits per heavy atom. The van der Waals surface area contributed by atoms with E-state index in [4.69, 9.17) is 4.42 Å². The van der Waals surface area contributed by atoms with Crippen molar-refractivity contribution in [3.63, 3.8) is 0 Å². The standard InChI is InChI=1S/C18H17N3O4S2/c1-3-11-26-17-15(5-4-10-19-17)16-20-21(18(22)25-16)12-13-6-8-14(9-7-13)27(2,23)24/h3-10H,1,11-12H2,2H3. The fourth-order valence-corrected chi connectivity index (χ4v) is 3.69. The second-order valence-electron chi connectivity index (χ2n) is 5.70. The molecule has 7 nitrogen and oxygen atoms in total. The van der Waals surface area contributed by atoms with E-state index in [0.29, 0.717) is 16.3 Å². The van der Waals surface area contributed by atoms with E-state index in [1.807, 2.05) is 0 Å². The maximum Gasteiger partial charge on any atom is 0.437 e. The summed E-state index contributed by atoms with van der Waals surface area (Å²) in [6.07, 6.45) is 4.57. The number of aromatic nitrogens is 3. The Kier molecular flexibility index (Phi) is 5.62. The number of pyridine rings is 1. The van der Waals surface area contributed by atoms with Crippen LogP contribution in [0.4, 0.5) is 0 Å². The molecule has 3 rings (SSSR count). The van der Waals surface area contributed by atoms with Crippen LogP contribution in [0.15, 0.2) is 74.4 Å². The van der Waals surface area contributed by atoms with E-state index < -0.39 is 15.6 Å². The van der Waals surface area contributed by atoms with E-state index in [2.05, 4.69) is 16.7 Å². The molecule has 9 heteroatoms. The van der Waals surface area contributed by atoms with Crippen LogP contribution in [0.2, 0.25) is 0 Å². The van der Waals surface area contributed by atoms with E-state index in [-0.39, 0.29) is 17.3 Å². The summed E-state index contributed by atoms with van der Waals surface area (Å²) in [5.41, 5.74) is 1.37. The minimum absolute atomic E-state index is 0.168. The van der Waals surface area contributed by atoms with Crippen LogP contribution in [0, 0.1) is 0 Å². The van der Waals surface area contributed by atoms with Gasteiger partial charge in [-0.2, -0.15) is 4.68 Å². The van der Waals surface area contributed by atoms with Gasteiger partial charge < -0.3 is 4.42 Å². The van der Waals surface area contributed by atoms with Gasteiger partial charge in [0.15, 0.2) is 9.84 Å². The van der Waals surface area contributed by atoms with Gasteiger partial charge in [-0.1, -0.05) is 18.2 Å². The first-order valence-corrected chi connectivity index (χ1v) is 10.8. The van der Waals surface area contributed by atoms with Gasteiger partial charge >= 0.3 is 5.76 Å². The van der Waals surface area contributed by atoms with Crippen LogP contribution in [0.25, 0.3) is 11.5 Å². The summed E-state index contributed by atoms with van der Waals surface area (Å²) in [6, 6.07) is 9.83. The summed E-state index contributed by atoms with van der Waals surface area (Å²) >= 11 is 1.47. The summed E-state index contributed by atoms with van der Waals surface area (Å²) in [4.78, 5) is 16.7. The maximum absolute atomic E-state index is 12.2. The Balaban J connectivity index is 1.87. The normalized spacial score (nSPS) is 11.4. The Hall–Kier alpha value is -2.65. The molecule has 0 aliphatic heterocycles. The first kappa shape index (κ1) is 19.1. The second kappa shape index (κ2) is 7.93. The lowest BCUT2D eigenvalue weighted by Crippen LogP contribution is -2.16. The van der Waals surface area contributed by atoms with Gasteiger partial charge in [0, 0.05) is 18.2 Å². The van der Waals surface area contributed by atoms with Crippen molar-refractivity contribution in [1.29, 1.82) is 0 Å². The largest absolute Gasteiger partial charge is 0.437 e. The Bertz CT molecular complexity index is 1120. The molecular formula is C18H17N3O4S2. The van der Waals surface area contributed by atoms with Gasteiger partial charge in [-0.05, 0) is 29.8 Å². The Morgan fingerprint density at radius 2 is 2.00 bits per heavy atom. The molecule has 0 bridgehead atoms. The van der Waals surface area contributed by atoms with Crippen LogP contribution in [0.5, 0.6) is 0 Å². The summed E-state index contributed by atoms with van der Waals surface area (Å²) in [5, 5.41) is 4.95. The molecule has 140 valence electrons. The fourth-order valence-electron chi connectivity index (χ4n) is 2.34. The molecule has 0 unspecified atom stereocenters. The quantitative estimate of drug-likeness (QED) is 0.442. The second-order valence-corrected chi connectivity index (χ2v) is 8.73. The number of benzene rings is 1. The molecule has 2 heterocycles. The first-order valence-electron chi connectivity index (χ1n) is 7.94. The highest BCUT2D eigenvalue weighted by molar-refractivity contribution is 7.99. The molecule has 0 fully saturated rings. The predicted octanol–water partition coefficient (Wildman–Crippen LogP) is 2.63. The van der Waals surface area contributed by atoms with Crippen molar-refractivity contribution in [2.24, 2.45) is 0 Å². The first-order chi connectivity index (χ1) is 12.9. The highest BCUT2D eigenvalue weighted by atomic mass is 32.2. The minimum atomic E-state index is -3.26. The summed E-state index contributed by atoms with van der Waals surface area (Å²) in [6.45, 7) is 3.85. The molecular weight excluding hydrogens is 386 g/mol. The number of hydrogen-bond donors (Lipinski definition) is 0. The Morgan fingerprint density at radius 1 is 1.26 bits per heavy atom. The van der Waals surface area contributed by atoms with Crippen LogP contribution in [0.1, 0.15) is 5.56 Å². The van der Waals surface area contributed by atoms with Crippen molar-refractivity contribution < 1.29 is 12.8 Å². The molecule has 0 aliphatic carbocycles. The van der Waals surface area contributed by atoms with E-state index in [9.17, 15) is 13.2 Å². The third-order valence-corrected chi connectivity index (χ3v) is 5.76. The summed E-state index contributed by atoms with van der Waals surface area (Å²) in [5.74, 6) is 0.259. The number of thioether (sulfide) groups is 1. The van der Waals surface area contributed by atoms with E-state index in [0.717, 1.165) is 11.8 Å². The molecule has 0 radical (unpaired) electrons. The van der Waals surface area contributed by atoms with E-state index >= 15 is 0 Å². The zero-order chi connectivity index (χ0) is 19.4. The zero-order valence-corrected chi connectivity index (χ0v) is 16.2. The minimum Gasteiger partial charge on any atom is -0.387 e. The fraction of sp³-hybridized carbons (Fsp3) is 0.167. The molecule has 0 amide bonds. The van der Waals surface area contributed by atoms with Crippen LogP contribution in [-0.2, 0) is 16.4 Å². The van der Waals surface area contributed by atoms with Crippen molar-refractivity contribution in [2.45, 2.75) is 16.5 Å². The molecule has 27 heavy (non-hydrogen) atoms. The molecule has 0 N–H and O–H groups in total. The van der Waals surface area contributed by atoms with Crippen molar-refractivity contribution in [3.05, 3.63) is 71.4 Å². The van der Waals surface area contributed by atoms with Gasteiger partial charge in [0.25, 0.3) is 5.89 Å². The van der Waals surface area contributed by atoms with Crippen molar-refractivity contribution in [3.8, 4) is 11.5 Å². The molecule has 0 atom stereocenters. The highest BCUT2D eigenvalue weighted by Crippen LogP contribution is 2.27. The third kappa shape index (κ3) is 4.55. The lowest BCUT2D eigenvalue weighted by Gasteiger charge is -2.03. The SMILES string of the molecule is C=CCSc1ncccc1-c1nn(Cc2ccc(S(C)(=O)=O)cc2)c(=O)o1. The molecule has 0 saturated heterocycles. The average molecular weight is 403 g/mol. The molecule has 0 aliphatic rings. The van der Waals surface area contributed by atoms with Gasteiger partial charge in [-0.3, -0.25) is 0 Å². The lowest BCUT2D eigenvalue weighted by molar-refractivity contribution is 0.494. The third-order valence-electron chi connectivity index (χ3n) is 3.63. The van der Waals surface area contributed by atoms with Crippen LogP contribution in [-0.4, -0.2) is 35.2 Å². The van der Waals surface area contributed by atoms with Gasteiger partial charge in [-0.25, -0.2) is 18.2 Å². The number of nitrogens with zero attached hydrogens (tertiary/aromatic N) is 3. The van der Waals surface area contributed by atoms with Crippen LogP contribution < -0.4 is 5.76 Å². The van der Waals surface area contributed by atoms with E-state index in [1.165, 1.54) is 28.6 Å². The average Bonchev–Trinajstić information content (AvgIpc) is 3.00. The van der Waals surface area contributed by atoms with Crippen molar-refractivity contribution in [2.75, 3.05) is 12.0 Å². The smallest absolute Gasteiger partial charge is 0.387 e. The van der Waals surface area contributed by atoms with E-state index in [1.54, 1.807) is 36.5 Å². The highest BCUT2D eigenvalue weighted by Gasteiger charge is 2.15. The molecule has 1 aromatic carbocycles. The van der Waals surface area contributed by atoms with Crippen molar-refractivity contribution >= 4 is 21.6 Å². The molecule has 0 spiro atoms. The lowest BCUT2D eigenvalue weighted by atomic mass is 10.2. The monoisotopic (exact) mass is 403 g/mol. The molecule has 0 saturated carbocycles. The van der Waals surface area contributed by atoms with Gasteiger partial charge in [0.1, 0.15) is 5.03 Å². The number of rotatable bonds is 7. The van der Waals surface area contributed by atoms with Crippen LogP contribution >= 0.6 is 11.8 Å². The van der Waals surface area contributed by atoms with Gasteiger partial charge in [-0.15, -0.1) is 23.4 Å². The summed E-state index contributed by atoms with van der Waals surface area (Å²) in [7, 11) is -3.26. The predicted molar refractivity (Wildman–Crippen MR) is 104 cm³/mol. The topological polar surface area (TPSA) is 95.1 Å². The Labute approximate surface area is 160 Å². The molecule has 2 aromatic heterocycles. The van der Waals surface area contributed by atoms with Gasteiger partial charge in [0.2, 0.25) is 0 Å². The zero-order valence-electron chi connectivity index (χ0n) is 14.5. The number of sulfone groups is 1. The van der Waals surface area contributed by atoms with Gasteiger partial charge in [0.05, 0.1) is 17.0 Å². The van der Waals surface area contributed by atoms with Crippen LogP contribution in [0.3, 0.4) is 0 Å². The molecule has 3 aromatic rings.